The molecule has 0 saturated heterocycles. The van der Waals surface area contributed by atoms with Crippen molar-refractivity contribution < 1.29 is 5.32 Å². The number of rotatable bonds is 5. The Kier molecular flexibility index (Phi) is 4.88. The predicted molar refractivity (Wildman–Crippen MR) is 109 cm³/mol. The molecule has 0 bridgehead atoms. The highest BCUT2D eigenvalue weighted by Gasteiger charge is 2.19. The molecule has 1 aromatic carbocycles. The van der Waals surface area contributed by atoms with Crippen LogP contribution in [0.3, 0.4) is 0 Å². The molecule has 4 nitrogen and oxygen atoms in total. The van der Waals surface area contributed by atoms with Crippen LogP contribution in [-0.2, 0) is 6.54 Å². The van der Waals surface area contributed by atoms with Crippen molar-refractivity contribution in [2.45, 2.75) is 26.4 Å². The van der Waals surface area contributed by atoms with Crippen molar-refractivity contribution in [1.82, 2.24) is 9.38 Å². The van der Waals surface area contributed by atoms with Crippen molar-refractivity contribution in [3.8, 4) is 0 Å². The third-order valence-electron chi connectivity index (χ3n) is 4.71. The van der Waals surface area contributed by atoms with E-state index in [0.717, 1.165) is 11.3 Å². The van der Waals surface area contributed by atoms with Gasteiger partial charge in [-0.2, -0.15) is 0 Å². The molecular weight excluding hydrogens is 354 g/mol. The number of aryl methyl sites for hydroxylation is 2. The fraction of sp³-hybridized carbons (Fsp3) is 0.182. The van der Waals surface area contributed by atoms with Gasteiger partial charge in [-0.05, 0) is 36.9 Å². The largest absolute Gasteiger partial charge is 0.331 e. The van der Waals surface area contributed by atoms with E-state index < -0.39 is 0 Å². The molecule has 0 aliphatic carbocycles. The molecule has 0 aliphatic rings. The summed E-state index contributed by atoms with van der Waals surface area (Å²) in [6.45, 7) is 4.72. The van der Waals surface area contributed by atoms with Crippen molar-refractivity contribution in [2.75, 3.05) is 0 Å². The van der Waals surface area contributed by atoms with E-state index in [-0.39, 0.29) is 11.6 Å². The molecule has 0 unspecified atom stereocenters. The fourth-order valence-corrected chi connectivity index (χ4v) is 4.11. The van der Waals surface area contributed by atoms with Crippen molar-refractivity contribution in [3.05, 3.63) is 104 Å². The number of thiophene rings is 1. The second-order valence-electron chi connectivity index (χ2n) is 6.86. The molecule has 0 amide bonds. The lowest BCUT2D eigenvalue weighted by Gasteiger charge is -2.15. The maximum atomic E-state index is 12.4. The first-order valence-corrected chi connectivity index (χ1v) is 9.90. The Hall–Kier alpha value is -2.76. The third-order valence-corrected chi connectivity index (χ3v) is 5.66. The summed E-state index contributed by atoms with van der Waals surface area (Å²) < 4.78 is 1.61. The molecular formula is C22H22N3OS+. The number of hydrogen-bond acceptors (Lipinski definition) is 3. The van der Waals surface area contributed by atoms with Gasteiger partial charge in [0.2, 0.25) is 0 Å². The highest BCUT2D eigenvalue weighted by Crippen LogP contribution is 2.23. The molecule has 0 fully saturated rings. The van der Waals surface area contributed by atoms with Gasteiger partial charge >= 0.3 is 0 Å². The Labute approximate surface area is 162 Å². The maximum absolute atomic E-state index is 12.4. The van der Waals surface area contributed by atoms with Crippen LogP contribution in [0.2, 0.25) is 0 Å². The number of nitrogens with two attached hydrogens (primary N) is 1. The topological polar surface area (TPSA) is 51.0 Å². The number of fused-ring (bicyclic) bond motifs is 1. The standard InChI is InChI=1S/C22H21N3OS/c1-15-5-8-17(9-6-15)22(19-4-3-11-27-19)23-13-18-12-21(26)25-14-16(2)7-10-20(25)24-18/h3-12,14,22-23H,13H2,1-2H3/p+1/t22-/m1/s1. The summed E-state index contributed by atoms with van der Waals surface area (Å²) in [5.41, 5.74) is 5.02. The number of nitrogens with zero attached hydrogens (tertiary/aromatic N) is 2. The van der Waals surface area contributed by atoms with E-state index in [1.54, 1.807) is 21.8 Å². The molecule has 3 heterocycles. The van der Waals surface area contributed by atoms with Crippen molar-refractivity contribution >= 4 is 17.0 Å². The van der Waals surface area contributed by atoms with Gasteiger partial charge in [0, 0.05) is 17.8 Å². The summed E-state index contributed by atoms with van der Waals surface area (Å²) >= 11 is 1.76. The van der Waals surface area contributed by atoms with Crippen LogP contribution in [0.1, 0.15) is 33.3 Å². The number of quaternary nitrogens is 1. The summed E-state index contributed by atoms with van der Waals surface area (Å²) in [5, 5.41) is 4.36. The van der Waals surface area contributed by atoms with Gasteiger partial charge in [-0.25, -0.2) is 4.98 Å². The lowest BCUT2D eigenvalue weighted by molar-refractivity contribution is -0.702. The lowest BCUT2D eigenvalue weighted by atomic mass is 10.0. The number of aromatic nitrogens is 2. The SMILES string of the molecule is Cc1ccc([C@@H]([NH2+]Cc2cc(=O)n3cc(C)ccc3n2)c2cccs2)cc1. The molecule has 4 aromatic rings. The quantitative estimate of drug-likeness (QED) is 0.581. The molecule has 0 spiro atoms. The first kappa shape index (κ1) is 17.6. The van der Waals surface area contributed by atoms with Gasteiger partial charge in [0.25, 0.3) is 5.56 Å². The van der Waals surface area contributed by atoms with Gasteiger partial charge in [-0.1, -0.05) is 42.0 Å². The Morgan fingerprint density at radius 1 is 1.07 bits per heavy atom. The number of hydrogen-bond donors (Lipinski definition) is 1. The van der Waals surface area contributed by atoms with E-state index in [1.165, 1.54) is 16.0 Å². The maximum Gasteiger partial charge on any atom is 0.258 e. The second kappa shape index (κ2) is 7.47. The summed E-state index contributed by atoms with van der Waals surface area (Å²) in [4.78, 5) is 18.4. The minimum absolute atomic E-state index is 0.0323. The Morgan fingerprint density at radius 2 is 1.85 bits per heavy atom. The monoisotopic (exact) mass is 376 g/mol. The first-order chi connectivity index (χ1) is 13.1. The van der Waals surface area contributed by atoms with Crippen molar-refractivity contribution in [1.29, 1.82) is 0 Å². The second-order valence-corrected chi connectivity index (χ2v) is 7.84. The summed E-state index contributed by atoms with van der Waals surface area (Å²) in [7, 11) is 0. The van der Waals surface area contributed by atoms with Crippen LogP contribution < -0.4 is 10.9 Å². The molecule has 0 saturated carbocycles. The van der Waals surface area contributed by atoms with Gasteiger partial charge in [-0.15, -0.1) is 11.3 Å². The van der Waals surface area contributed by atoms with Gasteiger partial charge in [0.15, 0.2) is 0 Å². The normalized spacial score (nSPS) is 12.4. The average Bonchev–Trinajstić information content (AvgIpc) is 3.18. The van der Waals surface area contributed by atoms with Crippen LogP contribution in [0, 0.1) is 13.8 Å². The van der Waals surface area contributed by atoms with E-state index in [4.69, 9.17) is 0 Å². The molecule has 0 radical (unpaired) electrons. The molecule has 27 heavy (non-hydrogen) atoms. The molecule has 4 rings (SSSR count). The predicted octanol–water partition coefficient (Wildman–Crippen LogP) is 3.23. The van der Waals surface area contributed by atoms with Crippen LogP contribution >= 0.6 is 11.3 Å². The third kappa shape index (κ3) is 3.84. The Balaban J connectivity index is 1.63. The van der Waals surface area contributed by atoms with E-state index in [9.17, 15) is 4.79 Å². The van der Waals surface area contributed by atoms with Crippen LogP contribution in [0.5, 0.6) is 0 Å². The number of pyridine rings is 1. The van der Waals surface area contributed by atoms with Gasteiger partial charge in [-0.3, -0.25) is 9.20 Å². The van der Waals surface area contributed by atoms with Crippen LogP contribution in [-0.4, -0.2) is 9.38 Å². The minimum atomic E-state index is -0.0323. The smallest absolute Gasteiger partial charge is 0.258 e. The molecule has 0 aliphatic heterocycles. The Morgan fingerprint density at radius 3 is 2.59 bits per heavy atom. The van der Waals surface area contributed by atoms with Gasteiger partial charge in [0.05, 0.1) is 4.88 Å². The molecule has 5 heteroatoms. The fourth-order valence-electron chi connectivity index (χ4n) is 3.26. The molecule has 1 atom stereocenters. The highest BCUT2D eigenvalue weighted by atomic mass is 32.1. The summed E-state index contributed by atoms with van der Waals surface area (Å²) in [5.74, 6) is 0. The lowest BCUT2D eigenvalue weighted by Crippen LogP contribution is -2.84. The van der Waals surface area contributed by atoms with Gasteiger partial charge < -0.3 is 5.32 Å². The summed E-state index contributed by atoms with van der Waals surface area (Å²) in [6, 6.07) is 18.6. The highest BCUT2D eigenvalue weighted by molar-refractivity contribution is 7.10. The molecule has 2 N–H and O–H groups in total. The van der Waals surface area contributed by atoms with Crippen LogP contribution in [0.4, 0.5) is 0 Å². The summed E-state index contributed by atoms with van der Waals surface area (Å²) in [6.07, 6.45) is 1.83. The zero-order valence-electron chi connectivity index (χ0n) is 15.4. The molecule has 3 aromatic heterocycles. The van der Waals surface area contributed by atoms with Crippen molar-refractivity contribution in [3.63, 3.8) is 0 Å². The van der Waals surface area contributed by atoms with Crippen LogP contribution in [0.25, 0.3) is 5.65 Å². The first-order valence-electron chi connectivity index (χ1n) is 9.02. The van der Waals surface area contributed by atoms with Crippen LogP contribution in [0.15, 0.2) is 71.0 Å². The van der Waals surface area contributed by atoms with Gasteiger partial charge in [0.1, 0.15) is 23.9 Å². The van der Waals surface area contributed by atoms with Crippen molar-refractivity contribution in [2.24, 2.45) is 0 Å². The van der Waals surface area contributed by atoms with E-state index in [0.29, 0.717) is 12.2 Å². The zero-order chi connectivity index (χ0) is 18.8. The molecule has 136 valence electrons. The van der Waals surface area contributed by atoms with E-state index in [1.807, 2.05) is 25.3 Å². The minimum Gasteiger partial charge on any atom is -0.331 e. The van der Waals surface area contributed by atoms with E-state index in [2.05, 4.69) is 59.0 Å². The average molecular weight is 377 g/mol. The zero-order valence-corrected chi connectivity index (χ0v) is 16.2. The Bertz CT molecular complexity index is 1110. The number of benzene rings is 1. The van der Waals surface area contributed by atoms with E-state index >= 15 is 0 Å².